The first-order valence-corrected chi connectivity index (χ1v) is 13.6. The molecule has 2 heterocycles. The fourth-order valence-corrected chi connectivity index (χ4v) is 4.99. The highest BCUT2D eigenvalue weighted by molar-refractivity contribution is 7.98. The number of anilines is 2. The van der Waals surface area contributed by atoms with Crippen molar-refractivity contribution in [3.8, 4) is 11.3 Å². The van der Waals surface area contributed by atoms with E-state index in [2.05, 4.69) is 53.1 Å². The van der Waals surface area contributed by atoms with Gasteiger partial charge in [0.05, 0.1) is 5.69 Å². The van der Waals surface area contributed by atoms with Crippen LogP contribution >= 0.6 is 11.8 Å². The third kappa shape index (κ3) is 4.96. The first-order valence-electron chi connectivity index (χ1n) is 12.4. The smallest absolute Gasteiger partial charge is 0.189 e. The van der Waals surface area contributed by atoms with Crippen LogP contribution in [-0.4, -0.2) is 22.8 Å². The SMILES string of the molecule is C=C(NCC1=CCCC=C1)c1ccc(C)c(-c2nc(SC)nc3c2CNC(=C)N3c2c(F)cccc2F)c1. The monoisotopic (exact) mass is 529 g/mol. The molecule has 194 valence electrons. The van der Waals surface area contributed by atoms with Crippen LogP contribution in [0.1, 0.15) is 29.5 Å². The van der Waals surface area contributed by atoms with E-state index in [4.69, 9.17) is 4.98 Å². The van der Waals surface area contributed by atoms with Gasteiger partial charge in [-0.3, -0.25) is 4.90 Å². The van der Waals surface area contributed by atoms with Gasteiger partial charge in [0.2, 0.25) is 0 Å². The Labute approximate surface area is 226 Å². The topological polar surface area (TPSA) is 53.1 Å². The van der Waals surface area contributed by atoms with E-state index in [1.807, 2.05) is 25.3 Å². The van der Waals surface area contributed by atoms with Crippen LogP contribution in [0.15, 0.2) is 84.3 Å². The molecule has 1 aliphatic heterocycles. The molecule has 8 heteroatoms. The van der Waals surface area contributed by atoms with Crippen LogP contribution in [0, 0.1) is 18.6 Å². The van der Waals surface area contributed by atoms with Crippen LogP contribution < -0.4 is 15.5 Å². The molecule has 0 radical (unpaired) electrons. The van der Waals surface area contributed by atoms with Gasteiger partial charge in [-0.15, -0.1) is 0 Å². The first kappa shape index (κ1) is 25.7. The summed E-state index contributed by atoms with van der Waals surface area (Å²) < 4.78 is 29.8. The van der Waals surface area contributed by atoms with Crippen molar-refractivity contribution in [3.63, 3.8) is 0 Å². The van der Waals surface area contributed by atoms with Gasteiger partial charge in [0.15, 0.2) is 5.16 Å². The molecular weight excluding hydrogens is 500 g/mol. The number of rotatable bonds is 7. The van der Waals surface area contributed by atoms with E-state index in [9.17, 15) is 8.78 Å². The zero-order valence-electron chi connectivity index (χ0n) is 21.4. The predicted octanol–water partition coefficient (Wildman–Crippen LogP) is 7.00. The maximum absolute atomic E-state index is 14.9. The van der Waals surface area contributed by atoms with Crippen molar-refractivity contribution < 1.29 is 8.78 Å². The van der Waals surface area contributed by atoms with Gasteiger partial charge in [0.25, 0.3) is 0 Å². The van der Waals surface area contributed by atoms with Gasteiger partial charge in [0.1, 0.15) is 29.0 Å². The van der Waals surface area contributed by atoms with Crippen LogP contribution in [0.2, 0.25) is 0 Å². The van der Waals surface area contributed by atoms with E-state index < -0.39 is 11.6 Å². The van der Waals surface area contributed by atoms with Gasteiger partial charge in [-0.2, -0.15) is 0 Å². The predicted molar refractivity (Wildman–Crippen MR) is 152 cm³/mol. The molecule has 2 aromatic carbocycles. The van der Waals surface area contributed by atoms with E-state index in [1.54, 1.807) is 0 Å². The summed E-state index contributed by atoms with van der Waals surface area (Å²) in [5, 5.41) is 7.10. The average Bonchev–Trinajstić information content (AvgIpc) is 2.93. The van der Waals surface area contributed by atoms with Crippen molar-refractivity contribution in [2.45, 2.75) is 31.5 Å². The molecule has 2 aliphatic rings. The Morgan fingerprint density at radius 2 is 1.95 bits per heavy atom. The molecule has 3 aromatic rings. The Morgan fingerprint density at radius 3 is 2.66 bits per heavy atom. The van der Waals surface area contributed by atoms with Gasteiger partial charge in [0, 0.05) is 29.9 Å². The van der Waals surface area contributed by atoms with E-state index in [1.165, 1.54) is 40.4 Å². The zero-order chi connectivity index (χ0) is 26.8. The lowest BCUT2D eigenvalue weighted by Crippen LogP contribution is -2.35. The highest BCUT2D eigenvalue weighted by Gasteiger charge is 2.31. The zero-order valence-corrected chi connectivity index (χ0v) is 22.3. The largest absolute Gasteiger partial charge is 0.381 e. The van der Waals surface area contributed by atoms with Crippen molar-refractivity contribution in [1.82, 2.24) is 20.6 Å². The third-order valence-corrected chi connectivity index (χ3v) is 7.23. The number of hydrogen-bond donors (Lipinski definition) is 2. The lowest BCUT2D eigenvalue weighted by Gasteiger charge is -2.34. The summed E-state index contributed by atoms with van der Waals surface area (Å²) >= 11 is 1.37. The Hall–Kier alpha value is -3.91. The summed E-state index contributed by atoms with van der Waals surface area (Å²) in [6.07, 6.45) is 10.6. The molecule has 2 N–H and O–H groups in total. The van der Waals surface area contributed by atoms with E-state index in [-0.39, 0.29) is 5.69 Å². The molecule has 0 atom stereocenters. The molecule has 0 bridgehead atoms. The Morgan fingerprint density at radius 1 is 1.16 bits per heavy atom. The minimum absolute atomic E-state index is 0.225. The average molecular weight is 530 g/mol. The van der Waals surface area contributed by atoms with Gasteiger partial charge in [-0.1, -0.05) is 61.3 Å². The number of thioether (sulfide) groups is 1. The summed E-state index contributed by atoms with van der Waals surface area (Å²) in [7, 11) is 0. The molecule has 0 saturated carbocycles. The van der Waals surface area contributed by atoms with E-state index in [0.29, 0.717) is 35.6 Å². The standard InChI is InChI=1S/C30H29F2N5S/c1-18-13-14-22(19(2)33-16-21-9-6-5-7-10-21)15-23(18)27-24-17-34-20(3)37(29(24)36-30(35-27)38-4)28-25(31)11-8-12-26(28)32/h6,8-15,33-34H,2-3,5,7,16-17H2,1,4H3. The molecule has 38 heavy (non-hydrogen) atoms. The van der Waals surface area contributed by atoms with Crippen LogP contribution in [0.5, 0.6) is 0 Å². The normalized spacial score (nSPS) is 14.6. The van der Waals surface area contributed by atoms with Gasteiger partial charge in [-0.25, -0.2) is 18.7 Å². The molecule has 0 spiro atoms. The van der Waals surface area contributed by atoms with Gasteiger partial charge in [-0.05, 0) is 60.9 Å². The fraction of sp³-hybridized carbons (Fsp3) is 0.200. The molecule has 0 amide bonds. The Bertz CT molecular complexity index is 1470. The minimum Gasteiger partial charge on any atom is -0.381 e. The summed E-state index contributed by atoms with van der Waals surface area (Å²) in [5.74, 6) is -0.650. The second kappa shape index (κ2) is 10.8. The van der Waals surface area contributed by atoms with Crippen LogP contribution in [0.3, 0.4) is 0 Å². The maximum atomic E-state index is 14.9. The number of nitrogens with zero attached hydrogens (tertiary/aromatic N) is 3. The third-order valence-electron chi connectivity index (χ3n) is 6.68. The summed E-state index contributed by atoms with van der Waals surface area (Å²) in [6, 6.07) is 9.91. The highest BCUT2D eigenvalue weighted by atomic mass is 32.2. The molecule has 5 rings (SSSR count). The second-order valence-corrected chi connectivity index (χ2v) is 9.96. The lowest BCUT2D eigenvalue weighted by atomic mass is 9.97. The Kier molecular flexibility index (Phi) is 7.33. The van der Waals surface area contributed by atoms with Gasteiger partial charge < -0.3 is 10.6 Å². The van der Waals surface area contributed by atoms with Crippen LogP contribution in [0.4, 0.5) is 20.3 Å². The molecular formula is C30H29F2N5S. The number of hydrogen-bond acceptors (Lipinski definition) is 6. The molecule has 1 aliphatic carbocycles. The number of fused-ring (bicyclic) bond motifs is 1. The number of aryl methyl sites for hydroxylation is 1. The molecule has 1 aromatic heterocycles. The van der Waals surface area contributed by atoms with Crippen molar-refractivity contribution in [2.24, 2.45) is 0 Å². The highest BCUT2D eigenvalue weighted by Crippen LogP contribution is 2.41. The molecule has 0 saturated heterocycles. The first-order chi connectivity index (χ1) is 18.4. The summed E-state index contributed by atoms with van der Waals surface area (Å²) in [5.41, 5.74) is 6.11. The van der Waals surface area contributed by atoms with E-state index >= 15 is 0 Å². The van der Waals surface area contributed by atoms with Crippen molar-refractivity contribution in [3.05, 3.63) is 108 Å². The van der Waals surface area contributed by atoms with Crippen LogP contribution in [0.25, 0.3) is 17.0 Å². The fourth-order valence-electron chi connectivity index (χ4n) is 4.63. The number of aromatic nitrogens is 2. The van der Waals surface area contributed by atoms with E-state index in [0.717, 1.165) is 40.8 Å². The number of benzene rings is 2. The minimum atomic E-state index is -0.699. The van der Waals surface area contributed by atoms with Gasteiger partial charge >= 0.3 is 0 Å². The lowest BCUT2D eigenvalue weighted by molar-refractivity contribution is 0.577. The second-order valence-electron chi connectivity index (χ2n) is 9.19. The molecule has 0 fully saturated rings. The number of para-hydroxylation sites is 1. The maximum Gasteiger partial charge on any atom is 0.189 e. The molecule has 5 nitrogen and oxygen atoms in total. The number of nitrogens with one attached hydrogen (secondary N) is 2. The number of allylic oxidation sites excluding steroid dienone is 2. The van der Waals surface area contributed by atoms with Crippen LogP contribution in [-0.2, 0) is 6.54 Å². The van der Waals surface area contributed by atoms with Crippen molar-refractivity contribution in [1.29, 1.82) is 0 Å². The quantitative estimate of drug-likeness (QED) is 0.254. The Balaban J connectivity index is 1.58. The van der Waals surface area contributed by atoms with Crippen molar-refractivity contribution in [2.75, 3.05) is 17.7 Å². The summed E-state index contributed by atoms with van der Waals surface area (Å²) in [6.45, 7) is 11.4. The number of halogens is 2. The molecule has 0 unspecified atom stereocenters. The summed E-state index contributed by atoms with van der Waals surface area (Å²) in [4.78, 5) is 10.9. The van der Waals surface area contributed by atoms with Crippen molar-refractivity contribution >= 4 is 29.0 Å².